The summed E-state index contributed by atoms with van der Waals surface area (Å²) >= 11 is 0. The highest BCUT2D eigenvalue weighted by Crippen LogP contribution is 2.38. The molecule has 4 atom stereocenters. The summed E-state index contributed by atoms with van der Waals surface area (Å²) in [4.78, 5) is 141. The molecule has 2 unspecified atom stereocenters. The number of hydrogen-bond donors (Lipinski definition) is 1. The van der Waals surface area contributed by atoms with Gasteiger partial charge in [-0.05, 0) is 13.3 Å². The third kappa shape index (κ3) is 20.3. The zero-order chi connectivity index (χ0) is 56.9. The number of carboxylic acid groups (broad SMARTS) is 1. The molecule has 3 aliphatic heterocycles. The van der Waals surface area contributed by atoms with E-state index in [4.69, 9.17) is 28.8 Å². The van der Waals surface area contributed by atoms with E-state index in [1.54, 1.807) is 24.0 Å². The first-order valence-electron chi connectivity index (χ1n) is 23.1. The van der Waals surface area contributed by atoms with E-state index in [2.05, 4.69) is 14.2 Å². The number of carbonyl (C=O) groups excluding carboxylic acids is 11. The third-order valence-corrected chi connectivity index (χ3v) is 11.6. The highest BCUT2D eigenvalue weighted by molar-refractivity contribution is 5.96. The number of likely N-dealkylation sites (tertiary alicyclic amines) is 3. The number of ketones is 1. The number of esters is 7. The number of rotatable bonds is 16. The number of ether oxygens (including phenoxy) is 8. The Hall–Kier alpha value is -7.24. The topological polar surface area (TPSA) is 309 Å². The maximum Gasteiger partial charge on any atom is 0.331 e. The van der Waals surface area contributed by atoms with Crippen molar-refractivity contribution in [2.45, 2.75) is 99.6 Å². The molecule has 0 bridgehead atoms. The maximum absolute atomic E-state index is 12.2. The first-order valence-corrected chi connectivity index (χ1v) is 23.1. The van der Waals surface area contributed by atoms with Gasteiger partial charge in [-0.2, -0.15) is 0 Å². The highest BCUT2D eigenvalue weighted by atomic mass is 16.6. The van der Waals surface area contributed by atoms with Crippen molar-refractivity contribution in [3.8, 4) is 0 Å². The number of methoxy groups -OCH3 is 4. The SMILES string of the molecule is CC1(C)CCC(=O)C1OC(=O)/C=C/C(=O)O.CCN1CC(C)(C)C(OC(=O)/C=C/C(=O)OC)C1=O.COC(=O)/C=C/C(=O)O[C@H]1C(=O)N(C)CC1(C)C.COCCN1CC(C)(C)[C@@H](OC(=O)/C=C/C(=O)OC)C1=O. The van der Waals surface area contributed by atoms with Crippen molar-refractivity contribution in [1.82, 2.24) is 14.7 Å². The standard InChI is InChI=1S/C14H21NO6.C13H19NO5.C12H17NO5.C11H14O5/c1-14(2)9-15(7-8-19-3)13(18)12(14)21-11(17)6-5-10(16)20-4;1-5-14-8-13(2,3)11(12(14)17)19-10(16)7-6-9(15)18-4;1-12(2)7-13(3)11(16)10(12)18-9(15)6-5-8(14)17-4;1-11(2)6-5-7(12)10(11)16-9(15)4-3-8(13)14/h5-6,12H,7-9H2,1-4H3;6-7,11H,5,8H2,1-4H3;5-6,10H,7H2,1-4H3;3-4,10H,5-6H2,1-2H3,(H,13,14)/b6-5+;7-6+;6-5+;4-3+/t12-;;10-;/m0.0./s1. The Kier molecular flexibility index (Phi) is 25.3. The molecule has 1 saturated carbocycles. The fraction of sp³-hybridized carbons (Fsp3) is 0.600. The summed E-state index contributed by atoms with van der Waals surface area (Å²) in [5.41, 5.74) is -1.76. The Balaban J connectivity index is 0.000000495. The van der Waals surface area contributed by atoms with Crippen molar-refractivity contribution >= 4 is 71.3 Å². The molecule has 0 spiro atoms. The van der Waals surface area contributed by atoms with E-state index >= 15 is 0 Å². The molecule has 3 amide bonds. The van der Waals surface area contributed by atoms with Crippen molar-refractivity contribution < 1.29 is 101 Å². The zero-order valence-electron chi connectivity index (χ0n) is 44.5. The van der Waals surface area contributed by atoms with Gasteiger partial charge in [0.1, 0.15) is 0 Å². The minimum atomic E-state index is -1.23. The minimum Gasteiger partial charge on any atom is -0.478 e. The number of Topliss-reactive ketones (excluding diaryl/α,β-unsaturated/α-hetero) is 1. The van der Waals surface area contributed by atoms with Gasteiger partial charge in [0.2, 0.25) is 0 Å². The summed E-state index contributed by atoms with van der Waals surface area (Å²) in [6.45, 7) is 19.7. The third-order valence-electron chi connectivity index (χ3n) is 11.6. The maximum atomic E-state index is 12.2. The Morgan fingerprint density at radius 1 is 0.500 bits per heavy atom. The molecule has 4 aliphatic rings. The summed E-state index contributed by atoms with van der Waals surface area (Å²) in [6.07, 6.45) is 5.04. The van der Waals surface area contributed by atoms with Crippen molar-refractivity contribution in [2.24, 2.45) is 21.7 Å². The van der Waals surface area contributed by atoms with Crippen molar-refractivity contribution in [2.75, 3.05) is 74.8 Å². The summed E-state index contributed by atoms with van der Waals surface area (Å²) < 4.78 is 38.4. The molecule has 4 fully saturated rings. The molecule has 0 radical (unpaired) electrons. The quantitative estimate of drug-likeness (QED) is 0.131. The van der Waals surface area contributed by atoms with E-state index in [0.29, 0.717) is 58.2 Å². The van der Waals surface area contributed by atoms with Crippen LogP contribution in [-0.2, 0) is 95.4 Å². The average molecular weight is 1050 g/mol. The lowest BCUT2D eigenvalue weighted by molar-refractivity contribution is -0.156. The van der Waals surface area contributed by atoms with Gasteiger partial charge in [-0.15, -0.1) is 0 Å². The molecule has 1 aliphatic carbocycles. The van der Waals surface area contributed by atoms with Crippen molar-refractivity contribution in [3.05, 3.63) is 48.6 Å². The molecule has 24 heteroatoms. The second-order valence-electron chi connectivity index (χ2n) is 19.7. The van der Waals surface area contributed by atoms with Crippen LogP contribution in [0.25, 0.3) is 0 Å². The van der Waals surface area contributed by atoms with Crippen LogP contribution >= 0.6 is 0 Å². The van der Waals surface area contributed by atoms with Gasteiger partial charge in [-0.25, -0.2) is 38.4 Å². The van der Waals surface area contributed by atoms with Crippen LogP contribution in [0, 0.1) is 21.7 Å². The molecule has 24 nitrogen and oxygen atoms in total. The Morgan fingerprint density at radius 3 is 1.15 bits per heavy atom. The first-order chi connectivity index (χ1) is 34.2. The predicted molar refractivity (Wildman–Crippen MR) is 257 cm³/mol. The zero-order valence-corrected chi connectivity index (χ0v) is 44.5. The molecule has 1 N–H and O–H groups in total. The summed E-state index contributed by atoms with van der Waals surface area (Å²) in [7, 11) is 6.83. The fourth-order valence-corrected chi connectivity index (χ4v) is 7.64. The van der Waals surface area contributed by atoms with Gasteiger partial charge in [-0.1, -0.05) is 55.4 Å². The van der Waals surface area contributed by atoms with Crippen LogP contribution in [0.1, 0.15) is 75.2 Å². The smallest absolute Gasteiger partial charge is 0.331 e. The molecule has 4 rings (SSSR count). The molecule has 412 valence electrons. The fourth-order valence-electron chi connectivity index (χ4n) is 7.64. The van der Waals surface area contributed by atoms with Gasteiger partial charge in [-0.3, -0.25) is 19.2 Å². The van der Waals surface area contributed by atoms with Crippen molar-refractivity contribution in [3.63, 3.8) is 0 Å². The normalized spacial score (nSPS) is 22.1. The van der Waals surface area contributed by atoms with Crippen LogP contribution in [0.3, 0.4) is 0 Å². The first kappa shape index (κ1) is 64.8. The van der Waals surface area contributed by atoms with Gasteiger partial charge in [0.25, 0.3) is 17.7 Å². The van der Waals surface area contributed by atoms with Crippen LogP contribution < -0.4 is 0 Å². The van der Waals surface area contributed by atoms with Gasteiger partial charge in [0.15, 0.2) is 30.2 Å². The van der Waals surface area contributed by atoms with E-state index in [0.717, 1.165) is 42.5 Å². The van der Waals surface area contributed by atoms with E-state index in [9.17, 15) is 57.5 Å². The number of aliphatic carboxylic acids is 1. The Labute approximate surface area is 430 Å². The highest BCUT2D eigenvalue weighted by Gasteiger charge is 2.50. The van der Waals surface area contributed by atoms with Gasteiger partial charge in [0.05, 0.1) is 27.9 Å². The predicted octanol–water partition coefficient (Wildman–Crippen LogP) is 1.71. The van der Waals surface area contributed by atoms with Crippen LogP contribution in [0.4, 0.5) is 0 Å². The molecule has 3 saturated heterocycles. The lowest BCUT2D eigenvalue weighted by Gasteiger charge is -2.24. The Bertz CT molecular complexity index is 2220. The van der Waals surface area contributed by atoms with Crippen LogP contribution in [0.15, 0.2) is 48.6 Å². The largest absolute Gasteiger partial charge is 0.478 e. The second kappa shape index (κ2) is 28.9. The molecule has 3 heterocycles. The minimum absolute atomic E-state index is 0.109. The van der Waals surface area contributed by atoms with Gasteiger partial charge in [0, 0.05) is 124 Å². The number of likely N-dealkylation sites (N-methyl/N-ethyl adjacent to an activating group) is 2. The number of nitrogens with zero attached hydrogens (tertiary/aromatic N) is 3. The van der Waals surface area contributed by atoms with Crippen molar-refractivity contribution in [1.29, 1.82) is 0 Å². The lowest BCUT2D eigenvalue weighted by atomic mass is 9.89. The average Bonchev–Trinajstić information content (AvgIpc) is 3.89. The van der Waals surface area contributed by atoms with Gasteiger partial charge >= 0.3 is 47.8 Å². The monoisotopic (exact) mass is 1050 g/mol. The van der Waals surface area contributed by atoms with Crippen LogP contribution in [0.2, 0.25) is 0 Å². The molecule has 0 aromatic heterocycles. The number of carboxylic acids is 1. The van der Waals surface area contributed by atoms with Crippen LogP contribution in [-0.4, -0.2) is 190 Å². The summed E-state index contributed by atoms with van der Waals surface area (Å²) in [5.74, 6) is -7.00. The number of hydrogen-bond acceptors (Lipinski definition) is 20. The second-order valence-corrected chi connectivity index (χ2v) is 19.7. The molecular formula is C50H71N3O21. The van der Waals surface area contributed by atoms with E-state index in [1.165, 1.54) is 26.2 Å². The summed E-state index contributed by atoms with van der Waals surface area (Å²) in [5, 5.41) is 8.32. The summed E-state index contributed by atoms with van der Waals surface area (Å²) in [6, 6.07) is 0. The molecular weight excluding hydrogens is 979 g/mol. The molecule has 74 heavy (non-hydrogen) atoms. The van der Waals surface area contributed by atoms with Gasteiger partial charge < -0.3 is 57.7 Å². The molecule has 0 aromatic rings. The number of amides is 3. The van der Waals surface area contributed by atoms with Crippen LogP contribution in [0.5, 0.6) is 0 Å². The van der Waals surface area contributed by atoms with E-state index < -0.39 is 88.4 Å². The molecule has 0 aromatic carbocycles. The Morgan fingerprint density at radius 2 is 0.838 bits per heavy atom. The van der Waals surface area contributed by atoms with E-state index in [-0.39, 0.29) is 28.9 Å². The van der Waals surface area contributed by atoms with E-state index in [1.807, 2.05) is 62.3 Å². The number of carbonyl (C=O) groups is 12. The lowest BCUT2D eigenvalue weighted by Crippen LogP contribution is -2.36.